The monoisotopic (exact) mass is 332 g/mol. The Balaban J connectivity index is 1.90. The highest BCUT2D eigenvalue weighted by atomic mass is 32.2. The molecule has 23 heavy (non-hydrogen) atoms. The topological polar surface area (TPSA) is 92.4 Å². The van der Waals surface area contributed by atoms with Crippen LogP contribution in [0.4, 0.5) is 5.69 Å². The van der Waals surface area contributed by atoms with E-state index in [4.69, 9.17) is 5.73 Å². The van der Waals surface area contributed by atoms with Crippen LogP contribution in [0.3, 0.4) is 0 Å². The van der Waals surface area contributed by atoms with Crippen molar-refractivity contribution in [1.29, 1.82) is 0 Å². The molecule has 0 saturated carbocycles. The Morgan fingerprint density at radius 3 is 2.57 bits per heavy atom. The van der Waals surface area contributed by atoms with Gasteiger partial charge in [-0.2, -0.15) is 0 Å². The molecule has 0 radical (unpaired) electrons. The first-order valence-electron chi connectivity index (χ1n) is 7.58. The smallest absolute Gasteiger partial charge is 0.241 e. The second-order valence-corrected chi connectivity index (χ2v) is 7.54. The predicted molar refractivity (Wildman–Crippen MR) is 89.4 cm³/mol. The third-order valence-corrected chi connectivity index (χ3v) is 5.70. The summed E-state index contributed by atoms with van der Waals surface area (Å²) in [6, 6.07) is 11.4. The molecule has 0 aromatic heterocycles. The fourth-order valence-corrected chi connectivity index (χ4v) is 4.17. The summed E-state index contributed by atoms with van der Waals surface area (Å²) in [5, 5.41) is 10.2. The summed E-state index contributed by atoms with van der Waals surface area (Å²) < 4.78 is 27.8. The van der Waals surface area contributed by atoms with E-state index >= 15 is 0 Å². The molecule has 0 saturated heterocycles. The predicted octanol–water partition coefficient (Wildman–Crippen LogP) is 1.77. The van der Waals surface area contributed by atoms with Crippen LogP contribution in [0.5, 0.6) is 0 Å². The lowest BCUT2D eigenvalue weighted by Gasteiger charge is -2.18. The Hall–Kier alpha value is -1.89. The first-order valence-corrected chi connectivity index (χ1v) is 9.06. The third kappa shape index (κ3) is 3.10. The zero-order chi connectivity index (χ0) is 16.6. The van der Waals surface area contributed by atoms with E-state index in [2.05, 4.69) is 4.72 Å². The molecule has 0 heterocycles. The van der Waals surface area contributed by atoms with Gasteiger partial charge in [0.05, 0.1) is 17.0 Å². The zero-order valence-corrected chi connectivity index (χ0v) is 13.7. The molecule has 5 nitrogen and oxygen atoms in total. The third-order valence-electron chi connectivity index (χ3n) is 4.24. The summed E-state index contributed by atoms with van der Waals surface area (Å²) in [6.45, 7) is 2.01. The van der Waals surface area contributed by atoms with Crippen LogP contribution in [-0.2, 0) is 22.9 Å². The summed E-state index contributed by atoms with van der Waals surface area (Å²) in [5.41, 5.74) is 9.07. The van der Waals surface area contributed by atoms with Gasteiger partial charge >= 0.3 is 0 Å². The van der Waals surface area contributed by atoms with Crippen LogP contribution in [0, 0.1) is 0 Å². The number of rotatable bonds is 4. The van der Waals surface area contributed by atoms with E-state index in [1.807, 2.05) is 13.0 Å². The second kappa shape index (κ2) is 5.96. The first-order chi connectivity index (χ1) is 10.9. The molecular formula is C17H20N2O3S. The van der Waals surface area contributed by atoms with Gasteiger partial charge in [0, 0.05) is 12.1 Å². The number of fused-ring (bicyclic) bond motifs is 1. The minimum Gasteiger partial charge on any atom is -0.399 e. The number of aliphatic hydroxyl groups excluding tert-OH is 1. The molecule has 0 unspecified atom stereocenters. The second-order valence-electron chi connectivity index (χ2n) is 5.83. The van der Waals surface area contributed by atoms with Gasteiger partial charge in [-0.15, -0.1) is 0 Å². The summed E-state index contributed by atoms with van der Waals surface area (Å²) in [7, 11) is -3.71. The molecule has 2 aromatic rings. The van der Waals surface area contributed by atoms with E-state index in [1.54, 1.807) is 36.4 Å². The molecule has 2 atom stereocenters. The number of aryl methyl sites for hydroxylation is 1. The summed E-state index contributed by atoms with van der Waals surface area (Å²) in [4.78, 5) is 0.194. The number of hydrogen-bond acceptors (Lipinski definition) is 4. The van der Waals surface area contributed by atoms with Crippen LogP contribution >= 0.6 is 0 Å². The maximum Gasteiger partial charge on any atom is 0.241 e. The Labute approximate surface area is 136 Å². The number of nitrogens with one attached hydrogen (secondary N) is 1. The number of anilines is 1. The largest absolute Gasteiger partial charge is 0.399 e. The van der Waals surface area contributed by atoms with Gasteiger partial charge in [-0.1, -0.05) is 25.1 Å². The molecule has 122 valence electrons. The lowest BCUT2D eigenvalue weighted by Crippen LogP contribution is -2.33. The standard InChI is InChI=1S/C17H20N2O3S/c1-2-11-3-7-14(8-4-11)23(21,22)19-17-15-10-13(18)6-5-12(15)9-16(17)20/h3-8,10,16-17,19-20H,2,9,18H2,1H3/t16-,17+/m0/s1. The normalized spacial score (nSPS) is 20.4. The van der Waals surface area contributed by atoms with Crippen molar-refractivity contribution in [2.24, 2.45) is 0 Å². The van der Waals surface area contributed by atoms with Crippen molar-refractivity contribution in [1.82, 2.24) is 4.72 Å². The lowest BCUT2D eigenvalue weighted by atomic mass is 10.1. The molecule has 0 fully saturated rings. The van der Waals surface area contributed by atoms with Crippen LogP contribution in [0.1, 0.15) is 29.7 Å². The van der Waals surface area contributed by atoms with Gasteiger partial charge in [0.15, 0.2) is 0 Å². The number of benzene rings is 2. The van der Waals surface area contributed by atoms with Gasteiger partial charge in [-0.3, -0.25) is 0 Å². The van der Waals surface area contributed by atoms with Gasteiger partial charge in [-0.05, 0) is 47.4 Å². The highest BCUT2D eigenvalue weighted by Crippen LogP contribution is 2.34. The van der Waals surface area contributed by atoms with E-state index < -0.39 is 22.2 Å². The maximum absolute atomic E-state index is 12.6. The molecule has 1 aliphatic rings. The molecule has 2 aromatic carbocycles. The number of sulfonamides is 1. The first kappa shape index (κ1) is 16.0. The fraction of sp³-hybridized carbons (Fsp3) is 0.294. The minimum absolute atomic E-state index is 0.194. The zero-order valence-electron chi connectivity index (χ0n) is 12.9. The molecule has 4 N–H and O–H groups in total. The number of hydrogen-bond donors (Lipinski definition) is 3. The summed E-state index contributed by atoms with van der Waals surface area (Å²) in [6.07, 6.45) is 0.468. The highest BCUT2D eigenvalue weighted by molar-refractivity contribution is 7.89. The molecule has 6 heteroatoms. The molecule has 0 spiro atoms. The van der Waals surface area contributed by atoms with E-state index in [9.17, 15) is 13.5 Å². The number of nitrogen functional groups attached to an aromatic ring is 1. The van der Waals surface area contributed by atoms with E-state index in [0.29, 0.717) is 12.1 Å². The van der Waals surface area contributed by atoms with Crippen molar-refractivity contribution in [2.45, 2.75) is 36.8 Å². The molecule has 1 aliphatic carbocycles. The molecule has 0 amide bonds. The highest BCUT2D eigenvalue weighted by Gasteiger charge is 2.34. The Morgan fingerprint density at radius 1 is 1.22 bits per heavy atom. The number of nitrogens with two attached hydrogens (primary N) is 1. The Bertz CT molecular complexity index is 816. The van der Waals surface area contributed by atoms with Gasteiger partial charge in [0.2, 0.25) is 10.0 Å². The summed E-state index contributed by atoms with van der Waals surface area (Å²) >= 11 is 0. The van der Waals surface area contributed by atoms with Crippen LogP contribution in [-0.4, -0.2) is 19.6 Å². The average molecular weight is 332 g/mol. The van der Waals surface area contributed by atoms with Gasteiger partial charge < -0.3 is 10.8 Å². The average Bonchev–Trinajstić information content (AvgIpc) is 2.83. The number of aliphatic hydroxyl groups is 1. The van der Waals surface area contributed by atoms with Crippen molar-refractivity contribution >= 4 is 15.7 Å². The fourth-order valence-electron chi connectivity index (χ4n) is 2.92. The van der Waals surface area contributed by atoms with Crippen LogP contribution in [0.2, 0.25) is 0 Å². The quantitative estimate of drug-likeness (QED) is 0.744. The van der Waals surface area contributed by atoms with E-state index in [1.165, 1.54) is 0 Å². The van der Waals surface area contributed by atoms with Crippen LogP contribution in [0.25, 0.3) is 0 Å². The van der Waals surface area contributed by atoms with Crippen LogP contribution < -0.4 is 10.5 Å². The molecule has 0 bridgehead atoms. The van der Waals surface area contributed by atoms with Crippen molar-refractivity contribution in [3.05, 3.63) is 59.2 Å². The van der Waals surface area contributed by atoms with Crippen molar-refractivity contribution < 1.29 is 13.5 Å². The SMILES string of the molecule is CCc1ccc(S(=O)(=O)N[C@@H]2c3cc(N)ccc3C[C@@H]2O)cc1. The summed E-state index contributed by atoms with van der Waals surface area (Å²) in [5.74, 6) is 0. The molecule has 3 rings (SSSR count). The van der Waals surface area contributed by atoms with Gasteiger partial charge in [0.1, 0.15) is 0 Å². The minimum atomic E-state index is -3.71. The maximum atomic E-state index is 12.6. The van der Waals surface area contributed by atoms with Gasteiger partial charge in [-0.25, -0.2) is 13.1 Å². The Morgan fingerprint density at radius 2 is 1.91 bits per heavy atom. The van der Waals surface area contributed by atoms with Crippen molar-refractivity contribution in [3.63, 3.8) is 0 Å². The molecule has 0 aliphatic heterocycles. The van der Waals surface area contributed by atoms with Crippen molar-refractivity contribution in [2.75, 3.05) is 5.73 Å². The van der Waals surface area contributed by atoms with Crippen molar-refractivity contribution in [3.8, 4) is 0 Å². The van der Waals surface area contributed by atoms with Crippen LogP contribution in [0.15, 0.2) is 47.4 Å². The van der Waals surface area contributed by atoms with E-state index in [-0.39, 0.29) is 4.90 Å². The van der Waals surface area contributed by atoms with Gasteiger partial charge in [0.25, 0.3) is 0 Å². The Kier molecular flexibility index (Phi) is 4.14. The van der Waals surface area contributed by atoms with E-state index in [0.717, 1.165) is 23.1 Å². The lowest BCUT2D eigenvalue weighted by molar-refractivity contribution is 0.151. The molecular weight excluding hydrogens is 312 g/mol.